The third-order valence-electron chi connectivity index (χ3n) is 3.45. The maximum Gasteiger partial charge on any atom is 0.229 e. The fourth-order valence-electron chi connectivity index (χ4n) is 2.19. The van der Waals surface area contributed by atoms with Gasteiger partial charge in [0.15, 0.2) is 0 Å². The molecule has 0 aliphatic heterocycles. The van der Waals surface area contributed by atoms with E-state index in [1.54, 1.807) is 4.90 Å². The number of carbonyl (C=O) groups excluding carboxylic acids is 1. The van der Waals surface area contributed by atoms with Crippen LogP contribution in [0.5, 0.6) is 0 Å². The Bertz CT molecular complexity index is 563. The predicted octanol–water partition coefficient (Wildman–Crippen LogP) is 3.03. The Balaban J connectivity index is 2.03. The van der Waals surface area contributed by atoms with E-state index in [0.717, 1.165) is 16.8 Å². The standard InChI is InChI=1S/C17H20N2O/c1-13(15-6-4-3-5-7-15)17(20)19(2)12-14-8-10-16(18)11-9-14/h3-11,13H,12,18H2,1-2H3. The zero-order chi connectivity index (χ0) is 14.5. The molecule has 0 radical (unpaired) electrons. The largest absolute Gasteiger partial charge is 0.399 e. The number of nitrogens with two attached hydrogens (primary N) is 1. The molecule has 2 aromatic carbocycles. The average molecular weight is 268 g/mol. The Morgan fingerprint density at radius 2 is 1.70 bits per heavy atom. The van der Waals surface area contributed by atoms with Crippen molar-refractivity contribution < 1.29 is 4.79 Å². The van der Waals surface area contributed by atoms with E-state index < -0.39 is 0 Å². The molecule has 3 heteroatoms. The summed E-state index contributed by atoms with van der Waals surface area (Å²) >= 11 is 0. The summed E-state index contributed by atoms with van der Waals surface area (Å²) in [5.74, 6) is -0.0111. The van der Waals surface area contributed by atoms with Gasteiger partial charge in [-0.15, -0.1) is 0 Å². The first-order valence-corrected chi connectivity index (χ1v) is 6.72. The Morgan fingerprint density at radius 3 is 2.30 bits per heavy atom. The van der Waals surface area contributed by atoms with Crippen molar-refractivity contribution in [3.05, 3.63) is 65.7 Å². The third-order valence-corrected chi connectivity index (χ3v) is 3.45. The van der Waals surface area contributed by atoms with Crippen LogP contribution in [0.15, 0.2) is 54.6 Å². The lowest BCUT2D eigenvalue weighted by molar-refractivity contribution is -0.131. The highest BCUT2D eigenvalue weighted by Crippen LogP contribution is 2.18. The lowest BCUT2D eigenvalue weighted by Crippen LogP contribution is -2.30. The fourth-order valence-corrected chi connectivity index (χ4v) is 2.19. The van der Waals surface area contributed by atoms with E-state index in [1.165, 1.54) is 0 Å². The van der Waals surface area contributed by atoms with Crippen LogP contribution in [0.25, 0.3) is 0 Å². The minimum absolute atomic E-state index is 0.119. The van der Waals surface area contributed by atoms with Crippen molar-refractivity contribution in [3.63, 3.8) is 0 Å². The van der Waals surface area contributed by atoms with Crippen LogP contribution in [0.1, 0.15) is 24.0 Å². The molecular formula is C17H20N2O. The van der Waals surface area contributed by atoms with Gasteiger partial charge in [-0.2, -0.15) is 0 Å². The molecule has 2 rings (SSSR count). The molecule has 0 aliphatic carbocycles. The van der Waals surface area contributed by atoms with Crippen LogP contribution in [0.4, 0.5) is 5.69 Å². The third kappa shape index (κ3) is 3.38. The molecule has 0 heterocycles. The number of nitrogen functional groups attached to an aromatic ring is 1. The van der Waals surface area contributed by atoms with Gasteiger partial charge in [0, 0.05) is 19.3 Å². The summed E-state index contributed by atoms with van der Waals surface area (Å²) < 4.78 is 0. The van der Waals surface area contributed by atoms with Crippen LogP contribution < -0.4 is 5.73 Å². The molecule has 1 unspecified atom stereocenters. The molecule has 1 amide bonds. The molecule has 0 bridgehead atoms. The SMILES string of the molecule is CC(C(=O)N(C)Cc1ccc(N)cc1)c1ccccc1. The molecule has 20 heavy (non-hydrogen) atoms. The molecule has 0 aliphatic rings. The summed E-state index contributed by atoms with van der Waals surface area (Å²) in [6.45, 7) is 2.54. The summed E-state index contributed by atoms with van der Waals surface area (Å²) in [4.78, 5) is 14.2. The highest BCUT2D eigenvalue weighted by atomic mass is 16.2. The summed E-state index contributed by atoms with van der Waals surface area (Å²) in [5.41, 5.74) is 8.52. The van der Waals surface area contributed by atoms with Gasteiger partial charge in [0.2, 0.25) is 5.91 Å². The smallest absolute Gasteiger partial charge is 0.229 e. The zero-order valence-corrected chi connectivity index (χ0v) is 11.9. The maximum absolute atomic E-state index is 12.4. The van der Waals surface area contributed by atoms with Crippen LogP contribution >= 0.6 is 0 Å². The highest BCUT2D eigenvalue weighted by Gasteiger charge is 2.18. The van der Waals surface area contributed by atoms with E-state index in [2.05, 4.69) is 0 Å². The molecule has 0 fully saturated rings. The molecule has 3 nitrogen and oxygen atoms in total. The molecule has 0 saturated heterocycles. The molecule has 0 saturated carbocycles. The van der Waals surface area contributed by atoms with Crippen molar-refractivity contribution in [2.45, 2.75) is 19.4 Å². The van der Waals surface area contributed by atoms with E-state index in [9.17, 15) is 4.79 Å². The predicted molar refractivity (Wildman–Crippen MR) is 82.2 cm³/mol. The topological polar surface area (TPSA) is 46.3 Å². The van der Waals surface area contributed by atoms with Crippen molar-refractivity contribution in [1.29, 1.82) is 0 Å². The quantitative estimate of drug-likeness (QED) is 0.866. The lowest BCUT2D eigenvalue weighted by atomic mass is 10.00. The average Bonchev–Trinajstić information content (AvgIpc) is 2.49. The minimum Gasteiger partial charge on any atom is -0.399 e. The number of benzene rings is 2. The Morgan fingerprint density at radius 1 is 1.10 bits per heavy atom. The number of carbonyl (C=O) groups is 1. The maximum atomic E-state index is 12.4. The number of anilines is 1. The lowest BCUT2D eigenvalue weighted by Gasteiger charge is -2.22. The van der Waals surface area contributed by atoms with E-state index in [1.807, 2.05) is 68.6 Å². The van der Waals surface area contributed by atoms with Gasteiger partial charge in [0.1, 0.15) is 0 Å². The fraction of sp³-hybridized carbons (Fsp3) is 0.235. The Labute approximate surface area is 120 Å². The second kappa shape index (κ2) is 6.24. The number of hydrogen-bond acceptors (Lipinski definition) is 2. The Hall–Kier alpha value is -2.29. The second-order valence-corrected chi connectivity index (χ2v) is 5.07. The van der Waals surface area contributed by atoms with Gasteiger partial charge < -0.3 is 10.6 Å². The van der Waals surface area contributed by atoms with Crippen LogP contribution in [0.3, 0.4) is 0 Å². The van der Waals surface area contributed by atoms with Crippen molar-refractivity contribution in [3.8, 4) is 0 Å². The summed E-state index contributed by atoms with van der Waals surface area (Å²) in [6, 6.07) is 17.5. The number of nitrogens with zero attached hydrogens (tertiary/aromatic N) is 1. The van der Waals surface area contributed by atoms with E-state index in [-0.39, 0.29) is 11.8 Å². The van der Waals surface area contributed by atoms with Crippen molar-refractivity contribution >= 4 is 11.6 Å². The molecule has 104 valence electrons. The van der Waals surface area contributed by atoms with Gasteiger partial charge in [0.25, 0.3) is 0 Å². The highest BCUT2D eigenvalue weighted by molar-refractivity contribution is 5.83. The first-order chi connectivity index (χ1) is 9.58. The summed E-state index contributed by atoms with van der Waals surface area (Å²) in [6.07, 6.45) is 0. The van der Waals surface area contributed by atoms with Crippen molar-refractivity contribution in [2.75, 3.05) is 12.8 Å². The number of amides is 1. The second-order valence-electron chi connectivity index (χ2n) is 5.07. The van der Waals surface area contributed by atoms with Crippen LogP contribution in [-0.2, 0) is 11.3 Å². The summed E-state index contributed by atoms with van der Waals surface area (Å²) in [7, 11) is 1.83. The molecule has 1 atom stereocenters. The normalized spacial score (nSPS) is 11.9. The van der Waals surface area contributed by atoms with Crippen LogP contribution in [0, 0.1) is 0 Å². The van der Waals surface area contributed by atoms with Gasteiger partial charge in [0.05, 0.1) is 5.92 Å². The van der Waals surface area contributed by atoms with Crippen LogP contribution in [0.2, 0.25) is 0 Å². The molecule has 2 N–H and O–H groups in total. The van der Waals surface area contributed by atoms with Gasteiger partial charge in [-0.25, -0.2) is 0 Å². The minimum atomic E-state index is -0.130. The van der Waals surface area contributed by atoms with Gasteiger partial charge >= 0.3 is 0 Å². The number of hydrogen-bond donors (Lipinski definition) is 1. The van der Waals surface area contributed by atoms with Gasteiger partial charge in [-0.05, 0) is 30.2 Å². The van der Waals surface area contributed by atoms with Gasteiger partial charge in [-0.1, -0.05) is 42.5 Å². The van der Waals surface area contributed by atoms with Crippen LogP contribution in [-0.4, -0.2) is 17.9 Å². The monoisotopic (exact) mass is 268 g/mol. The van der Waals surface area contributed by atoms with E-state index >= 15 is 0 Å². The van der Waals surface area contributed by atoms with E-state index in [4.69, 9.17) is 5.73 Å². The van der Waals surface area contributed by atoms with Crippen molar-refractivity contribution in [1.82, 2.24) is 4.90 Å². The molecular weight excluding hydrogens is 248 g/mol. The zero-order valence-electron chi connectivity index (χ0n) is 11.9. The summed E-state index contributed by atoms with van der Waals surface area (Å²) in [5, 5.41) is 0. The number of likely N-dealkylation sites (N-methyl/N-ethyl adjacent to an activating group) is 1. The van der Waals surface area contributed by atoms with E-state index in [0.29, 0.717) is 6.54 Å². The number of rotatable bonds is 4. The molecule has 0 spiro atoms. The van der Waals surface area contributed by atoms with Crippen molar-refractivity contribution in [2.24, 2.45) is 0 Å². The molecule has 0 aromatic heterocycles. The Kier molecular flexibility index (Phi) is 4.41. The first kappa shape index (κ1) is 14.1. The van der Waals surface area contributed by atoms with Gasteiger partial charge in [-0.3, -0.25) is 4.79 Å². The molecule has 2 aromatic rings. The first-order valence-electron chi connectivity index (χ1n) is 6.72.